The van der Waals surface area contributed by atoms with Crippen molar-refractivity contribution in [3.05, 3.63) is 95.6 Å². The Morgan fingerprint density at radius 1 is 1.00 bits per heavy atom. The summed E-state index contributed by atoms with van der Waals surface area (Å²) >= 11 is 0. The summed E-state index contributed by atoms with van der Waals surface area (Å²) < 4.78 is 16.4. The van der Waals surface area contributed by atoms with Gasteiger partial charge in [0.1, 0.15) is 11.6 Å². The lowest BCUT2D eigenvalue weighted by atomic mass is 10.1. The molecule has 0 saturated carbocycles. The van der Waals surface area contributed by atoms with Gasteiger partial charge in [0.05, 0.1) is 17.6 Å². The van der Waals surface area contributed by atoms with E-state index < -0.39 is 0 Å². The highest BCUT2D eigenvalue weighted by Gasteiger charge is 2.34. The molecule has 1 saturated heterocycles. The van der Waals surface area contributed by atoms with E-state index in [9.17, 15) is 9.18 Å². The number of rotatable bonds is 4. The number of fused-ring (bicyclic) bond motifs is 1. The van der Waals surface area contributed by atoms with Gasteiger partial charge in [0, 0.05) is 30.1 Å². The Kier molecular flexibility index (Phi) is 4.58. The molecule has 1 amide bonds. The lowest BCUT2D eigenvalue weighted by molar-refractivity contribution is -0.117. The number of imidazole rings is 1. The summed E-state index contributed by atoms with van der Waals surface area (Å²) in [6, 6.07) is 22.7. The van der Waals surface area contributed by atoms with Gasteiger partial charge in [0.25, 0.3) is 0 Å². The van der Waals surface area contributed by atoms with Crippen LogP contribution in [0.1, 0.15) is 29.3 Å². The van der Waals surface area contributed by atoms with Crippen LogP contribution in [0.2, 0.25) is 0 Å². The summed E-state index contributed by atoms with van der Waals surface area (Å²) in [6.45, 7) is 2.99. The van der Waals surface area contributed by atoms with Gasteiger partial charge >= 0.3 is 0 Å². The summed E-state index contributed by atoms with van der Waals surface area (Å²) in [5.74, 6) is 0.652. The maximum absolute atomic E-state index is 14.4. The van der Waals surface area contributed by atoms with Crippen LogP contribution in [0.4, 0.5) is 10.1 Å². The zero-order valence-corrected chi connectivity index (χ0v) is 16.8. The number of carbonyl (C=O) groups is 1. The first kappa shape index (κ1) is 18.6. The van der Waals surface area contributed by atoms with E-state index in [1.165, 1.54) is 6.07 Å². The number of amides is 1. The van der Waals surface area contributed by atoms with Crippen molar-refractivity contribution in [1.82, 2.24) is 9.55 Å². The zero-order valence-electron chi connectivity index (χ0n) is 16.8. The summed E-state index contributed by atoms with van der Waals surface area (Å²) in [5.41, 5.74) is 4.50. The third-order valence-corrected chi connectivity index (χ3v) is 5.81. The molecule has 30 heavy (non-hydrogen) atoms. The molecule has 0 spiro atoms. The molecule has 3 aromatic carbocycles. The van der Waals surface area contributed by atoms with E-state index in [4.69, 9.17) is 4.98 Å². The average Bonchev–Trinajstić information content (AvgIpc) is 3.31. The van der Waals surface area contributed by atoms with Crippen LogP contribution in [0.15, 0.2) is 72.8 Å². The molecule has 5 rings (SSSR count). The van der Waals surface area contributed by atoms with Gasteiger partial charge < -0.3 is 9.47 Å². The van der Waals surface area contributed by atoms with Crippen LogP contribution in [0.5, 0.6) is 0 Å². The van der Waals surface area contributed by atoms with Crippen molar-refractivity contribution >= 4 is 22.6 Å². The SMILES string of the molecule is Cc1ccc(N2CC(c3nc4ccccc4n3Cc3ccccc3F)CC2=O)cc1. The third kappa shape index (κ3) is 3.26. The monoisotopic (exact) mass is 399 g/mol. The second kappa shape index (κ2) is 7.41. The Balaban J connectivity index is 1.53. The largest absolute Gasteiger partial charge is 0.323 e. The minimum Gasteiger partial charge on any atom is -0.323 e. The zero-order chi connectivity index (χ0) is 20.7. The normalized spacial score (nSPS) is 16.5. The molecule has 1 unspecified atom stereocenters. The molecule has 4 aromatic rings. The van der Waals surface area contributed by atoms with Crippen LogP contribution >= 0.6 is 0 Å². The third-order valence-electron chi connectivity index (χ3n) is 5.81. The average molecular weight is 399 g/mol. The maximum Gasteiger partial charge on any atom is 0.227 e. The van der Waals surface area contributed by atoms with Gasteiger partial charge in [-0.05, 0) is 37.3 Å². The Morgan fingerprint density at radius 3 is 2.53 bits per heavy atom. The Labute approximate surface area is 174 Å². The van der Waals surface area contributed by atoms with E-state index in [2.05, 4.69) is 4.57 Å². The predicted molar refractivity (Wildman–Crippen MR) is 116 cm³/mol. The number of anilines is 1. The predicted octanol–water partition coefficient (Wildman–Crippen LogP) is 5.05. The van der Waals surface area contributed by atoms with Gasteiger partial charge in [-0.3, -0.25) is 4.79 Å². The van der Waals surface area contributed by atoms with E-state index in [0.717, 1.165) is 28.1 Å². The number of benzene rings is 3. The molecular formula is C25H22FN3O. The Morgan fingerprint density at radius 2 is 1.73 bits per heavy atom. The number of aryl methyl sites for hydroxylation is 1. The number of para-hydroxylation sites is 2. The number of hydrogen-bond donors (Lipinski definition) is 0. The summed E-state index contributed by atoms with van der Waals surface area (Å²) in [5, 5.41) is 0. The van der Waals surface area contributed by atoms with Gasteiger partial charge in [-0.2, -0.15) is 0 Å². The fourth-order valence-corrected chi connectivity index (χ4v) is 4.22. The fourth-order valence-electron chi connectivity index (χ4n) is 4.22. The number of halogens is 1. The second-order valence-corrected chi connectivity index (χ2v) is 7.88. The van der Waals surface area contributed by atoms with Gasteiger partial charge in [-0.15, -0.1) is 0 Å². The molecule has 1 atom stereocenters. The number of aromatic nitrogens is 2. The molecule has 5 heteroatoms. The molecule has 0 aliphatic carbocycles. The van der Waals surface area contributed by atoms with Crippen LogP contribution in [0.3, 0.4) is 0 Å². The van der Waals surface area contributed by atoms with Crippen LogP contribution in [0, 0.1) is 12.7 Å². The number of carbonyl (C=O) groups excluding carboxylic acids is 1. The van der Waals surface area contributed by atoms with E-state index in [0.29, 0.717) is 25.1 Å². The van der Waals surface area contributed by atoms with Crippen LogP contribution in [-0.2, 0) is 11.3 Å². The fraction of sp³-hybridized carbons (Fsp3) is 0.200. The first-order valence-corrected chi connectivity index (χ1v) is 10.2. The molecule has 2 heterocycles. The van der Waals surface area contributed by atoms with Gasteiger partial charge in [0.2, 0.25) is 5.91 Å². The van der Waals surface area contributed by atoms with Crippen LogP contribution in [0.25, 0.3) is 11.0 Å². The summed E-state index contributed by atoms with van der Waals surface area (Å²) in [4.78, 5) is 19.5. The van der Waals surface area contributed by atoms with Crippen LogP contribution in [-0.4, -0.2) is 22.0 Å². The second-order valence-electron chi connectivity index (χ2n) is 7.88. The molecule has 1 fully saturated rings. The van der Waals surface area contributed by atoms with Crippen LogP contribution < -0.4 is 4.90 Å². The standard InChI is InChI=1S/C25H22FN3O/c1-17-10-12-20(13-11-17)28-16-19(14-24(28)30)25-27-22-8-4-5-9-23(22)29(25)15-18-6-2-3-7-21(18)26/h2-13,19H,14-16H2,1H3. The molecule has 0 bridgehead atoms. The number of nitrogens with zero attached hydrogens (tertiary/aromatic N) is 3. The topological polar surface area (TPSA) is 38.1 Å². The molecule has 0 radical (unpaired) electrons. The maximum atomic E-state index is 14.4. The molecule has 1 aliphatic heterocycles. The first-order valence-electron chi connectivity index (χ1n) is 10.2. The van der Waals surface area contributed by atoms with E-state index >= 15 is 0 Å². The Bertz CT molecular complexity index is 1230. The molecule has 150 valence electrons. The van der Waals surface area contributed by atoms with E-state index in [-0.39, 0.29) is 17.6 Å². The molecule has 1 aliphatic rings. The van der Waals surface area contributed by atoms with Crippen molar-refractivity contribution in [3.8, 4) is 0 Å². The van der Waals surface area contributed by atoms with E-state index in [1.807, 2.05) is 66.4 Å². The van der Waals surface area contributed by atoms with Crippen molar-refractivity contribution in [2.45, 2.75) is 25.8 Å². The van der Waals surface area contributed by atoms with Crippen molar-refractivity contribution in [1.29, 1.82) is 0 Å². The van der Waals surface area contributed by atoms with Crippen molar-refractivity contribution in [3.63, 3.8) is 0 Å². The number of hydrogen-bond acceptors (Lipinski definition) is 2. The van der Waals surface area contributed by atoms with Crippen molar-refractivity contribution in [2.24, 2.45) is 0 Å². The lowest BCUT2D eigenvalue weighted by Crippen LogP contribution is -2.24. The quantitative estimate of drug-likeness (QED) is 0.481. The lowest BCUT2D eigenvalue weighted by Gasteiger charge is -2.18. The minimum atomic E-state index is -0.231. The van der Waals surface area contributed by atoms with Gasteiger partial charge in [-0.1, -0.05) is 48.0 Å². The van der Waals surface area contributed by atoms with Gasteiger partial charge in [0.15, 0.2) is 0 Å². The van der Waals surface area contributed by atoms with Crippen molar-refractivity contribution < 1.29 is 9.18 Å². The highest BCUT2D eigenvalue weighted by atomic mass is 19.1. The first-order chi connectivity index (χ1) is 14.6. The van der Waals surface area contributed by atoms with Crippen molar-refractivity contribution in [2.75, 3.05) is 11.4 Å². The Hall–Kier alpha value is -3.47. The summed E-state index contributed by atoms with van der Waals surface area (Å²) in [7, 11) is 0. The summed E-state index contributed by atoms with van der Waals surface area (Å²) in [6.07, 6.45) is 0.397. The molecule has 1 aromatic heterocycles. The highest BCUT2D eigenvalue weighted by molar-refractivity contribution is 5.96. The smallest absolute Gasteiger partial charge is 0.227 e. The minimum absolute atomic E-state index is 0.0435. The van der Waals surface area contributed by atoms with Gasteiger partial charge in [-0.25, -0.2) is 9.37 Å². The molecule has 4 nitrogen and oxygen atoms in total. The van der Waals surface area contributed by atoms with E-state index in [1.54, 1.807) is 12.1 Å². The molecular weight excluding hydrogens is 377 g/mol. The highest BCUT2D eigenvalue weighted by Crippen LogP contribution is 2.33. The molecule has 0 N–H and O–H groups in total.